The molecule has 1 heterocycles. The van der Waals surface area contributed by atoms with Crippen molar-refractivity contribution in [1.82, 2.24) is 0 Å². The lowest BCUT2D eigenvalue weighted by Gasteiger charge is -2.13. The number of ether oxygens (including phenoxy) is 2. The van der Waals surface area contributed by atoms with Gasteiger partial charge < -0.3 is 14.6 Å². The quantitative estimate of drug-likeness (QED) is 0.906. The Morgan fingerprint density at radius 2 is 1.88 bits per heavy atom. The van der Waals surface area contributed by atoms with Crippen LogP contribution in [0.25, 0.3) is 0 Å². The number of aliphatic hydroxyl groups excluding tert-OH is 1. The molecule has 0 aliphatic heterocycles. The summed E-state index contributed by atoms with van der Waals surface area (Å²) in [7, 11) is 3.17. The molecule has 0 amide bonds. The van der Waals surface area contributed by atoms with Gasteiger partial charge in [-0.3, -0.25) is 0 Å². The summed E-state index contributed by atoms with van der Waals surface area (Å²) in [4.78, 5) is 0.914. The maximum absolute atomic E-state index is 10.2. The van der Waals surface area contributed by atoms with Crippen LogP contribution in [-0.2, 0) is 0 Å². The van der Waals surface area contributed by atoms with Gasteiger partial charge in [-0.15, -0.1) is 11.3 Å². The van der Waals surface area contributed by atoms with Gasteiger partial charge in [0, 0.05) is 4.88 Å². The second kappa shape index (κ2) is 5.21. The van der Waals surface area contributed by atoms with Crippen LogP contribution in [0.15, 0.2) is 35.7 Å². The van der Waals surface area contributed by atoms with E-state index in [0.717, 1.165) is 10.4 Å². The maximum Gasteiger partial charge on any atom is 0.161 e. The van der Waals surface area contributed by atoms with E-state index < -0.39 is 6.10 Å². The molecule has 0 spiro atoms. The first kappa shape index (κ1) is 12.0. The Morgan fingerprint density at radius 3 is 2.47 bits per heavy atom. The van der Waals surface area contributed by atoms with Crippen LogP contribution in [0.2, 0.25) is 0 Å². The van der Waals surface area contributed by atoms with Gasteiger partial charge in [-0.25, -0.2) is 0 Å². The topological polar surface area (TPSA) is 38.7 Å². The minimum absolute atomic E-state index is 0.616. The first-order chi connectivity index (χ1) is 8.26. The summed E-state index contributed by atoms with van der Waals surface area (Å²) in [5.74, 6) is 1.29. The van der Waals surface area contributed by atoms with Gasteiger partial charge in [0.25, 0.3) is 0 Å². The zero-order valence-corrected chi connectivity index (χ0v) is 10.5. The highest BCUT2D eigenvalue weighted by molar-refractivity contribution is 7.10. The Hall–Kier alpha value is -1.52. The molecule has 2 aromatic rings. The molecule has 4 heteroatoms. The largest absolute Gasteiger partial charge is 0.493 e. The van der Waals surface area contributed by atoms with Crippen molar-refractivity contribution in [3.63, 3.8) is 0 Å². The number of thiophene rings is 1. The average molecular weight is 250 g/mol. The zero-order chi connectivity index (χ0) is 12.3. The molecule has 0 aliphatic rings. The second-order valence-electron chi connectivity index (χ2n) is 3.53. The molecule has 0 radical (unpaired) electrons. The highest BCUT2D eigenvalue weighted by Gasteiger charge is 2.14. The van der Waals surface area contributed by atoms with Crippen molar-refractivity contribution >= 4 is 11.3 Å². The molecule has 0 fully saturated rings. The number of rotatable bonds is 4. The average Bonchev–Trinajstić information content (AvgIpc) is 2.90. The van der Waals surface area contributed by atoms with Crippen molar-refractivity contribution in [2.24, 2.45) is 0 Å². The van der Waals surface area contributed by atoms with Gasteiger partial charge >= 0.3 is 0 Å². The Balaban J connectivity index is 2.33. The van der Waals surface area contributed by atoms with E-state index in [1.807, 2.05) is 23.6 Å². The van der Waals surface area contributed by atoms with Gasteiger partial charge in [-0.2, -0.15) is 0 Å². The van der Waals surface area contributed by atoms with Gasteiger partial charge in [0.15, 0.2) is 11.5 Å². The smallest absolute Gasteiger partial charge is 0.161 e. The summed E-state index contributed by atoms with van der Waals surface area (Å²) in [6.45, 7) is 0. The fourth-order valence-corrected chi connectivity index (χ4v) is 2.37. The Kier molecular flexibility index (Phi) is 3.66. The molecule has 1 atom stereocenters. The lowest BCUT2D eigenvalue weighted by molar-refractivity contribution is 0.223. The molecule has 0 saturated heterocycles. The van der Waals surface area contributed by atoms with Crippen LogP contribution in [0.5, 0.6) is 11.5 Å². The Morgan fingerprint density at radius 1 is 1.12 bits per heavy atom. The predicted octanol–water partition coefficient (Wildman–Crippen LogP) is 2.85. The first-order valence-corrected chi connectivity index (χ1v) is 6.07. The van der Waals surface area contributed by atoms with E-state index in [0.29, 0.717) is 11.5 Å². The standard InChI is InChI=1S/C13H14O3S/c1-15-10-6-5-9(8-11(10)16-2)13(14)12-4-3-7-17-12/h3-8,13-14H,1-2H3/t13-/m0/s1. The van der Waals surface area contributed by atoms with E-state index in [4.69, 9.17) is 9.47 Å². The number of aliphatic hydroxyl groups is 1. The first-order valence-electron chi connectivity index (χ1n) is 5.19. The van der Waals surface area contributed by atoms with E-state index in [2.05, 4.69) is 0 Å². The second-order valence-corrected chi connectivity index (χ2v) is 4.51. The van der Waals surface area contributed by atoms with Crippen molar-refractivity contribution in [1.29, 1.82) is 0 Å². The highest BCUT2D eigenvalue weighted by Crippen LogP contribution is 2.33. The lowest BCUT2D eigenvalue weighted by atomic mass is 10.1. The third-order valence-corrected chi connectivity index (χ3v) is 3.46. The minimum atomic E-state index is -0.616. The molecule has 3 nitrogen and oxygen atoms in total. The zero-order valence-electron chi connectivity index (χ0n) is 9.71. The van der Waals surface area contributed by atoms with Crippen molar-refractivity contribution in [2.45, 2.75) is 6.10 Å². The van der Waals surface area contributed by atoms with Gasteiger partial charge in [0.05, 0.1) is 14.2 Å². The monoisotopic (exact) mass is 250 g/mol. The van der Waals surface area contributed by atoms with Crippen LogP contribution in [0, 0.1) is 0 Å². The van der Waals surface area contributed by atoms with E-state index in [1.165, 1.54) is 11.3 Å². The fourth-order valence-electron chi connectivity index (χ4n) is 1.63. The van der Waals surface area contributed by atoms with E-state index in [-0.39, 0.29) is 0 Å². The van der Waals surface area contributed by atoms with Gasteiger partial charge in [-0.05, 0) is 29.1 Å². The molecular formula is C13H14O3S. The SMILES string of the molecule is COc1ccc([C@H](O)c2cccs2)cc1OC. The number of hydrogen-bond donors (Lipinski definition) is 1. The van der Waals surface area contributed by atoms with Crippen molar-refractivity contribution in [3.8, 4) is 11.5 Å². The van der Waals surface area contributed by atoms with Crippen LogP contribution in [0.1, 0.15) is 16.5 Å². The molecular weight excluding hydrogens is 236 g/mol. The predicted molar refractivity (Wildman–Crippen MR) is 67.9 cm³/mol. The Labute approximate surface area is 104 Å². The molecule has 0 bridgehead atoms. The van der Waals surface area contributed by atoms with Gasteiger partial charge in [0.1, 0.15) is 6.10 Å². The lowest BCUT2D eigenvalue weighted by Crippen LogP contribution is -1.99. The number of methoxy groups -OCH3 is 2. The minimum Gasteiger partial charge on any atom is -0.493 e. The maximum atomic E-state index is 10.2. The molecule has 1 N–H and O–H groups in total. The van der Waals surface area contributed by atoms with Crippen LogP contribution in [0.4, 0.5) is 0 Å². The van der Waals surface area contributed by atoms with E-state index in [9.17, 15) is 5.11 Å². The fraction of sp³-hybridized carbons (Fsp3) is 0.231. The molecule has 1 aromatic heterocycles. The highest BCUT2D eigenvalue weighted by atomic mass is 32.1. The number of benzene rings is 1. The summed E-state index contributed by atoms with van der Waals surface area (Å²) in [5.41, 5.74) is 0.796. The number of hydrogen-bond acceptors (Lipinski definition) is 4. The third-order valence-electron chi connectivity index (χ3n) is 2.54. The van der Waals surface area contributed by atoms with Crippen LogP contribution >= 0.6 is 11.3 Å². The van der Waals surface area contributed by atoms with Gasteiger partial charge in [0.2, 0.25) is 0 Å². The molecule has 0 saturated carbocycles. The molecule has 0 unspecified atom stereocenters. The normalized spacial score (nSPS) is 12.2. The molecule has 90 valence electrons. The summed E-state index contributed by atoms with van der Waals surface area (Å²) in [5, 5.41) is 12.1. The van der Waals surface area contributed by atoms with E-state index >= 15 is 0 Å². The van der Waals surface area contributed by atoms with Gasteiger partial charge in [-0.1, -0.05) is 12.1 Å². The molecule has 1 aromatic carbocycles. The third kappa shape index (κ3) is 2.43. The summed E-state index contributed by atoms with van der Waals surface area (Å²) >= 11 is 1.53. The molecule has 0 aliphatic carbocycles. The van der Waals surface area contributed by atoms with Crippen molar-refractivity contribution in [2.75, 3.05) is 14.2 Å². The summed E-state index contributed by atoms with van der Waals surface area (Å²) in [6, 6.07) is 9.26. The Bertz CT molecular complexity index is 479. The summed E-state index contributed by atoms with van der Waals surface area (Å²) in [6.07, 6.45) is -0.616. The van der Waals surface area contributed by atoms with Crippen molar-refractivity contribution < 1.29 is 14.6 Å². The molecule has 17 heavy (non-hydrogen) atoms. The molecule has 2 rings (SSSR count). The van der Waals surface area contributed by atoms with Crippen molar-refractivity contribution in [3.05, 3.63) is 46.2 Å². The van der Waals surface area contributed by atoms with Crippen LogP contribution in [-0.4, -0.2) is 19.3 Å². The van der Waals surface area contributed by atoms with E-state index in [1.54, 1.807) is 26.4 Å². The van der Waals surface area contributed by atoms with Crippen LogP contribution in [0.3, 0.4) is 0 Å². The summed E-state index contributed by atoms with van der Waals surface area (Å²) < 4.78 is 10.4. The van der Waals surface area contributed by atoms with Crippen LogP contribution < -0.4 is 9.47 Å².